The third-order valence-corrected chi connectivity index (χ3v) is 3.00. The fourth-order valence-corrected chi connectivity index (χ4v) is 1.92. The smallest absolute Gasteiger partial charge is 0.136 e. The zero-order chi connectivity index (χ0) is 13.7. The van der Waals surface area contributed by atoms with E-state index in [-0.39, 0.29) is 6.10 Å². The zero-order valence-electron chi connectivity index (χ0n) is 11.4. The first-order valence-corrected chi connectivity index (χ1v) is 6.40. The highest BCUT2D eigenvalue weighted by Gasteiger charge is 2.11. The van der Waals surface area contributed by atoms with Gasteiger partial charge in [-0.1, -0.05) is 36.4 Å². The Bertz CT molecular complexity index is 511. The molecule has 3 nitrogen and oxygen atoms in total. The fraction of sp³-hybridized carbons (Fsp3) is 0.250. The lowest BCUT2D eigenvalue weighted by molar-refractivity contribution is 0.214. The van der Waals surface area contributed by atoms with Crippen molar-refractivity contribution in [1.82, 2.24) is 0 Å². The largest absolute Gasteiger partial charge is 0.484 e. The summed E-state index contributed by atoms with van der Waals surface area (Å²) in [7, 11) is 4.02. The maximum atomic E-state index is 5.99. The first-order chi connectivity index (χ1) is 9.20. The molecule has 0 spiro atoms. The Labute approximate surface area is 114 Å². The second-order valence-electron chi connectivity index (χ2n) is 4.64. The monoisotopic (exact) mass is 256 g/mol. The number of rotatable bonds is 5. The van der Waals surface area contributed by atoms with Crippen molar-refractivity contribution in [3.05, 3.63) is 60.2 Å². The van der Waals surface area contributed by atoms with Gasteiger partial charge in [0.1, 0.15) is 11.9 Å². The van der Waals surface area contributed by atoms with E-state index in [1.54, 1.807) is 0 Å². The van der Waals surface area contributed by atoms with E-state index in [1.165, 1.54) is 0 Å². The summed E-state index contributed by atoms with van der Waals surface area (Å²) in [6, 6.07) is 18.1. The lowest BCUT2D eigenvalue weighted by Gasteiger charge is -2.19. The molecule has 0 amide bonds. The number of hydrogen-bond acceptors (Lipinski definition) is 3. The molecule has 3 heteroatoms. The number of benzene rings is 2. The predicted molar refractivity (Wildman–Crippen MR) is 79.6 cm³/mol. The summed E-state index contributed by atoms with van der Waals surface area (Å²) in [6.07, 6.45) is -0.112. The van der Waals surface area contributed by atoms with Gasteiger partial charge in [0.25, 0.3) is 0 Å². The molecule has 2 rings (SSSR count). The van der Waals surface area contributed by atoms with Crippen molar-refractivity contribution in [2.24, 2.45) is 5.73 Å². The van der Waals surface area contributed by atoms with Crippen LogP contribution in [-0.4, -0.2) is 20.6 Å². The van der Waals surface area contributed by atoms with E-state index in [1.807, 2.05) is 73.6 Å². The van der Waals surface area contributed by atoms with Crippen LogP contribution in [-0.2, 0) is 0 Å². The topological polar surface area (TPSA) is 38.5 Å². The van der Waals surface area contributed by atoms with Crippen molar-refractivity contribution < 1.29 is 4.74 Å². The van der Waals surface area contributed by atoms with Gasteiger partial charge in [0.05, 0.1) is 0 Å². The van der Waals surface area contributed by atoms with Crippen LogP contribution >= 0.6 is 0 Å². The van der Waals surface area contributed by atoms with Gasteiger partial charge >= 0.3 is 0 Å². The van der Waals surface area contributed by atoms with Gasteiger partial charge in [0.15, 0.2) is 0 Å². The molecule has 0 aliphatic rings. The van der Waals surface area contributed by atoms with E-state index < -0.39 is 0 Å². The Morgan fingerprint density at radius 2 is 1.79 bits per heavy atom. The summed E-state index contributed by atoms with van der Waals surface area (Å²) in [5.41, 5.74) is 8.02. The molecule has 1 unspecified atom stereocenters. The van der Waals surface area contributed by atoms with Crippen LogP contribution in [0, 0.1) is 0 Å². The van der Waals surface area contributed by atoms with E-state index in [0.29, 0.717) is 6.54 Å². The number of nitrogens with zero attached hydrogens (tertiary/aromatic N) is 1. The molecule has 1 atom stereocenters. The molecule has 0 aromatic heterocycles. The van der Waals surface area contributed by atoms with Crippen molar-refractivity contribution in [3.8, 4) is 5.75 Å². The SMILES string of the molecule is CN(C)c1cccc(OC(CN)c2ccccc2)c1. The van der Waals surface area contributed by atoms with Crippen LogP contribution in [0.25, 0.3) is 0 Å². The molecular formula is C16H20N2O. The molecule has 0 radical (unpaired) electrons. The van der Waals surface area contributed by atoms with Crippen LogP contribution in [0.4, 0.5) is 5.69 Å². The van der Waals surface area contributed by atoms with E-state index in [4.69, 9.17) is 10.5 Å². The maximum absolute atomic E-state index is 5.99. The molecule has 0 saturated carbocycles. The summed E-state index contributed by atoms with van der Waals surface area (Å²) >= 11 is 0. The Balaban J connectivity index is 2.17. The van der Waals surface area contributed by atoms with Gasteiger partial charge in [-0.3, -0.25) is 0 Å². The molecule has 2 N–H and O–H groups in total. The predicted octanol–water partition coefficient (Wildman–Crippen LogP) is 2.83. The average Bonchev–Trinajstić information content (AvgIpc) is 2.46. The van der Waals surface area contributed by atoms with E-state index in [0.717, 1.165) is 17.0 Å². The molecule has 19 heavy (non-hydrogen) atoms. The second-order valence-corrected chi connectivity index (χ2v) is 4.64. The molecular weight excluding hydrogens is 236 g/mol. The number of ether oxygens (including phenoxy) is 1. The molecule has 0 bridgehead atoms. The van der Waals surface area contributed by atoms with Crippen LogP contribution in [0.1, 0.15) is 11.7 Å². The van der Waals surface area contributed by atoms with Gasteiger partial charge in [0.2, 0.25) is 0 Å². The van der Waals surface area contributed by atoms with Crippen molar-refractivity contribution in [2.75, 3.05) is 25.5 Å². The highest BCUT2D eigenvalue weighted by Crippen LogP contribution is 2.24. The Morgan fingerprint density at radius 1 is 1.05 bits per heavy atom. The summed E-state index contributed by atoms with van der Waals surface area (Å²) in [5.74, 6) is 0.838. The van der Waals surface area contributed by atoms with E-state index in [9.17, 15) is 0 Å². The van der Waals surface area contributed by atoms with Gasteiger partial charge in [-0.05, 0) is 17.7 Å². The van der Waals surface area contributed by atoms with Crippen molar-refractivity contribution in [3.63, 3.8) is 0 Å². The minimum atomic E-state index is -0.112. The van der Waals surface area contributed by atoms with Crippen molar-refractivity contribution in [2.45, 2.75) is 6.10 Å². The van der Waals surface area contributed by atoms with Crippen molar-refractivity contribution in [1.29, 1.82) is 0 Å². The highest BCUT2D eigenvalue weighted by atomic mass is 16.5. The Hall–Kier alpha value is -2.00. The second kappa shape index (κ2) is 6.25. The fourth-order valence-electron chi connectivity index (χ4n) is 1.92. The van der Waals surface area contributed by atoms with Crippen LogP contribution in [0.3, 0.4) is 0 Å². The van der Waals surface area contributed by atoms with Gasteiger partial charge in [-0.2, -0.15) is 0 Å². The molecule has 2 aromatic rings. The Kier molecular flexibility index (Phi) is 4.42. The number of nitrogens with two attached hydrogens (primary N) is 1. The quantitative estimate of drug-likeness (QED) is 0.894. The standard InChI is InChI=1S/C16H20N2O/c1-18(2)14-9-6-10-15(11-14)19-16(12-17)13-7-4-3-5-8-13/h3-11,16H,12,17H2,1-2H3. The lowest BCUT2D eigenvalue weighted by Crippen LogP contribution is -2.18. The summed E-state index contributed by atoms with van der Waals surface area (Å²) in [5, 5.41) is 0. The first kappa shape index (κ1) is 13.4. The molecule has 2 aromatic carbocycles. The van der Waals surface area contributed by atoms with Gasteiger partial charge < -0.3 is 15.4 Å². The van der Waals surface area contributed by atoms with Gasteiger partial charge in [0, 0.05) is 32.4 Å². The minimum absolute atomic E-state index is 0.112. The van der Waals surface area contributed by atoms with Gasteiger partial charge in [-0.25, -0.2) is 0 Å². The number of hydrogen-bond donors (Lipinski definition) is 1. The van der Waals surface area contributed by atoms with E-state index >= 15 is 0 Å². The molecule has 0 aliphatic heterocycles. The third-order valence-electron chi connectivity index (χ3n) is 3.00. The summed E-state index contributed by atoms with van der Waals surface area (Å²) < 4.78 is 5.99. The maximum Gasteiger partial charge on any atom is 0.136 e. The summed E-state index contributed by atoms with van der Waals surface area (Å²) in [6.45, 7) is 0.455. The van der Waals surface area contributed by atoms with Crippen LogP contribution in [0.15, 0.2) is 54.6 Å². The van der Waals surface area contributed by atoms with E-state index in [2.05, 4.69) is 0 Å². The van der Waals surface area contributed by atoms with Crippen LogP contribution in [0.5, 0.6) is 5.75 Å². The first-order valence-electron chi connectivity index (χ1n) is 6.40. The van der Waals surface area contributed by atoms with Crippen LogP contribution < -0.4 is 15.4 Å². The van der Waals surface area contributed by atoms with Crippen LogP contribution in [0.2, 0.25) is 0 Å². The highest BCUT2D eigenvalue weighted by molar-refractivity contribution is 5.49. The zero-order valence-corrected chi connectivity index (χ0v) is 11.4. The summed E-state index contributed by atoms with van der Waals surface area (Å²) in [4.78, 5) is 2.05. The molecule has 0 saturated heterocycles. The lowest BCUT2D eigenvalue weighted by atomic mass is 10.1. The van der Waals surface area contributed by atoms with Crippen molar-refractivity contribution >= 4 is 5.69 Å². The number of anilines is 1. The molecule has 100 valence electrons. The minimum Gasteiger partial charge on any atom is -0.484 e. The molecule has 0 aliphatic carbocycles. The molecule has 0 heterocycles. The average molecular weight is 256 g/mol. The normalized spacial score (nSPS) is 11.9. The Morgan fingerprint density at radius 3 is 2.42 bits per heavy atom. The third kappa shape index (κ3) is 3.48. The molecule has 0 fully saturated rings. The van der Waals surface area contributed by atoms with Gasteiger partial charge in [-0.15, -0.1) is 0 Å².